The summed E-state index contributed by atoms with van der Waals surface area (Å²) in [7, 11) is -3.41. The fraction of sp³-hybridized carbons (Fsp3) is 0.889. The molecule has 0 aromatic rings. The van der Waals surface area contributed by atoms with Crippen LogP contribution < -0.4 is 5.32 Å². The summed E-state index contributed by atoms with van der Waals surface area (Å²) in [4.78, 5) is 11.7. The number of nitrogens with one attached hydrogen (secondary N) is 1. The maximum atomic E-state index is 11.7. The fourth-order valence-electron chi connectivity index (χ4n) is 0.802. The smallest absolute Gasteiger partial charge is 0.241 e. The van der Waals surface area contributed by atoms with Crippen LogP contribution in [0.25, 0.3) is 0 Å². The van der Waals surface area contributed by atoms with Crippen LogP contribution in [0.1, 0.15) is 27.2 Å². The first-order valence-electron chi connectivity index (χ1n) is 4.69. The van der Waals surface area contributed by atoms with E-state index in [4.69, 9.17) is 11.6 Å². The van der Waals surface area contributed by atoms with Crippen LogP contribution in [0.5, 0.6) is 0 Å². The van der Waals surface area contributed by atoms with Crippen molar-refractivity contribution in [2.24, 2.45) is 0 Å². The average Bonchev–Trinajstić information content (AvgIpc) is 2.02. The van der Waals surface area contributed by atoms with Crippen molar-refractivity contribution in [2.45, 2.75) is 38.0 Å². The van der Waals surface area contributed by atoms with Crippen LogP contribution in [0, 0.1) is 0 Å². The Morgan fingerprint density at radius 3 is 2.27 bits per heavy atom. The Morgan fingerprint density at radius 2 is 1.93 bits per heavy atom. The minimum absolute atomic E-state index is 0.115. The molecule has 1 N–H and O–H groups in total. The summed E-state index contributed by atoms with van der Waals surface area (Å²) in [5.41, 5.74) is 0. The fourth-order valence-corrected chi connectivity index (χ4v) is 1.52. The van der Waals surface area contributed by atoms with Gasteiger partial charge in [0, 0.05) is 18.2 Å². The van der Waals surface area contributed by atoms with Gasteiger partial charge in [-0.2, -0.15) is 0 Å². The molecule has 1 amide bonds. The molecule has 0 aromatic heterocycles. The van der Waals surface area contributed by atoms with Gasteiger partial charge in [-0.25, -0.2) is 8.42 Å². The molecule has 0 aliphatic carbocycles. The Labute approximate surface area is 96.3 Å². The highest BCUT2D eigenvalue weighted by atomic mass is 35.5. The lowest BCUT2D eigenvalue weighted by atomic mass is 10.1. The molecule has 90 valence electrons. The summed E-state index contributed by atoms with van der Waals surface area (Å²) in [5, 5.41) is 2.63. The molecule has 0 aliphatic rings. The second-order valence-electron chi connectivity index (χ2n) is 4.13. The van der Waals surface area contributed by atoms with Crippen LogP contribution in [0.15, 0.2) is 0 Å². The highest BCUT2D eigenvalue weighted by Gasteiger charge is 2.38. The van der Waals surface area contributed by atoms with Gasteiger partial charge in [0.1, 0.15) is 4.75 Å². The molecule has 0 aliphatic heterocycles. The van der Waals surface area contributed by atoms with Crippen LogP contribution >= 0.6 is 11.6 Å². The Hall–Kier alpha value is -0.290. The van der Waals surface area contributed by atoms with Crippen molar-refractivity contribution in [3.8, 4) is 0 Å². The van der Waals surface area contributed by atoms with Crippen LogP contribution in [-0.2, 0) is 14.6 Å². The van der Waals surface area contributed by atoms with E-state index < -0.39 is 20.5 Å². The molecule has 0 bridgehead atoms. The van der Waals surface area contributed by atoms with Crippen LogP contribution in [0.4, 0.5) is 0 Å². The molecule has 0 saturated heterocycles. The third-order valence-electron chi connectivity index (χ3n) is 2.39. The predicted molar refractivity (Wildman–Crippen MR) is 61.9 cm³/mol. The number of alkyl halides is 1. The predicted octanol–water partition coefficient (Wildman–Crippen LogP) is 0.943. The average molecular weight is 256 g/mol. The van der Waals surface area contributed by atoms with E-state index in [0.29, 0.717) is 12.3 Å². The number of hydrogen-bond acceptors (Lipinski definition) is 3. The molecule has 4 nitrogen and oxygen atoms in total. The zero-order valence-electron chi connectivity index (χ0n) is 9.50. The number of carbonyl (C=O) groups is 1. The molecule has 1 atom stereocenters. The molecule has 1 unspecified atom stereocenters. The molecule has 0 rings (SSSR count). The Balaban J connectivity index is 4.60. The maximum absolute atomic E-state index is 11.7. The number of amides is 1. The van der Waals surface area contributed by atoms with E-state index in [2.05, 4.69) is 5.32 Å². The number of hydrogen-bond donors (Lipinski definition) is 1. The molecule has 0 heterocycles. The van der Waals surface area contributed by atoms with Gasteiger partial charge in [-0.1, -0.05) is 0 Å². The van der Waals surface area contributed by atoms with Crippen molar-refractivity contribution in [3.63, 3.8) is 0 Å². The molecule has 0 saturated carbocycles. The van der Waals surface area contributed by atoms with E-state index in [1.807, 2.05) is 0 Å². The molecular weight excluding hydrogens is 238 g/mol. The largest absolute Gasteiger partial charge is 0.352 e. The van der Waals surface area contributed by atoms with Crippen molar-refractivity contribution in [1.29, 1.82) is 0 Å². The highest BCUT2D eigenvalue weighted by molar-refractivity contribution is 7.92. The monoisotopic (exact) mass is 255 g/mol. The molecule has 0 spiro atoms. The van der Waals surface area contributed by atoms with Crippen molar-refractivity contribution in [1.82, 2.24) is 5.32 Å². The highest BCUT2D eigenvalue weighted by Crippen LogP contribution is 2.15. The van der Waals surface area contributed by atoms with Gasteiger partial charge in [0.2, 0.25) is 5.91 Å². The van der Waals surface area contributed by atoms with E-state index in [-0.39, 0.29) is 6.04 Å². The first kappa shape index (κ1) is 14.7. The van der Waals surface area contributed by atoms with Gasteiger partial charge < -0.3 is 5.32 Å². The Bertz CT molecular complexity index is 324. The summed E-state index contributed by atoms with van der Waals surface area (Å²) in [5.74, 6) is -0.0524. The molecule has 0 radical (unpaired) electrons. The van der Waals surface area contributed by atoms with E-state index >= 15 is 0 Å². The second-order valence-corrected chi connectivity index (χ2v) is 7.08. The number of carbonyl (C=O) groups excluding carboxylic acids is 1. The number of halogens is 1. The second kappa shape index (κ2) is 5.16. The topological polar surface area (TPSA) is 63.2 Å². The lowest BCUT2D eigenvalue weighted by Crippen LogP contribution is -2.50. The third-order valence-corrected chi connectivity index (χ3v) is 4.65. The summed E-state index contributed by atoms with van der Waals surface area (Å²) in [6.07, 6.45) is 1.67. The molecule has 0 fully saturated rings. The summed E-state index contributed by atoms with van der Waals surface area (Å²) >= 11 is 5.51. The lowest BCUT2D eigenvalue weighted by Gasteiger charge is -2.23. The summed E-state index contributed by atoms with van der Waals surface area (Å²) < 4.78 is 21.3. The van der Waals surface area contributed by atoms with Gasteiger partial charge in [0.15, 0.2) is 9.84 Å². The van der Waals surface area contributed by atoms with E-state index in [1.54, 1.807) is 6.92 Å². The maximum Gasteiger partial charge on any atom is 0.241 e. The van der Waals surface area contributed by atoms with Gasteiger partial charge in [-0.05, 0) is 27.2 Å². The van der Waals surface area contributed by atoms with Gasteiger partial charge in [0.25, 0.3) is 0 Å². The SMILES string of the molecule is CC(CCCl)NC(=O)C(C)(C)S(C)(=O)=O. The van der Waals surface area contributed by atoms with Crippen LogP contribution in [0.2, 0.25) is 0 Å². The van der Waals surface area contributed by atoms with E-state index in [0.717, 1.165) is 6.26 Å². The van der Waals surface area contributed by atoms with Crippen molar-refractivity contribution < 1.29 is 13.2 Å². The van der Waals surface area contributed by atoms with Gasteiger partial charge in [-0.15, -0.1) is 11.6 Å². The number of rotatable bonds is 5. The van der Waals surface area contributed by atoms with Gasteiger partial charge in [-0.3, -0.25) is 4.79 Å². The van der Waals surface area contributed by atoms with Gasteiger partial charge in [0.05, 0.1) is 0 Å². The zero-order chi connectivity index (χ0) is 12.3. The molecule has 6 heteroatoms. The van der Waals surface area contributed by atoms with Gasteiger partial charge >= 0.3 is 0 Å². The van der Waals surface area contributed by atoms with Crippen molar-refractivity contribution in [2.75, 3.05) is 12.1 Å². The summed E-state index contributed by atoms with van der Waals surface area (Å²) in [6.45, 7) is 4.58. The minimum atomic E-state index is -3.41. The third kappa shape index (κ3) is 3.99. The molecule has 15 heavy (non-hydrogen) atoms. The number of sulfone groups is 1. The summed E-state index contributed by atoms with van der Waals surface area (Å²) in [6, 6.07) is -0.115. The normalized spacial score (nSPS) is 14.7. The minimum Gasteiger partial charge on any atom is -0.352 e. The van der Waals surface area contributed by atoms with Crippen LogP contribution in [-0.4, -0.2) is 37.2 Å². The lowest BCUT2D eigenvalue weighted by molar-refractivity contribution is -0.123. The Morgan fingerprint density at radius 1 is 1.47 bits per heavy atom. The zero-order valence-corrected chi connectivity index (χ0v) is 11.1. The molecule has 0 aromatic carbocycles. The quantitative estimate of drug-likeness (QED) is 0.744. The van der Waals surface area contributed by atoms with E-state index in [9.17, 15) is 13.2 Å². The standard InChI is InChI=1S/C9H18ClNO3S/c1-7(5-6-10)11-8(12)9(2,3)15(4,13)14/h7H,5-6H2,1-4H3,(H,11,12). The first-order chi connectivity index (χ1) is 6.63. The van der Waals surface area contributed by atoms with Crippen LogP contribution in [0.3, 0.4) is 0 Å². The first-order valence-corrected chi connectivity index (χ1v) is 7.12. The van der Waals surface area contributed by atoms with E-state index in [1.165, 1.54) is 13.8 Å². The van der Waals surface area contributed by atoms with Crippen molar-refractivity contribution in [3.05, 3.63) is 0 Å². The van der Waals surface area contributed by atoms with Crippen molar-refractivity contribution >= 4 is 27.3 Å². The molecular formula is C9H18ClNO3S. The Kier molecular flexibility index (Phi) is 5.06.